The van der Waals surface area contributed by atoms with Gasteiger partial charge in [-0.3, -0.25) is 0 Å². The van der Waals surface area contributed by atoms with E-state index < -0.39 is 23.1 Å². The lowest BCUT2D eigenvalue weighted by atomic mass is 9.51. The lowest BCUT2D eigenvalue weighted by Crippen LogP contribution is -2.64. The fraction of sp³-hybridized carbons (Fsp3) is 0.586. The molecule has 3 aliphatic carbocycles. The number of methoxy groups -OCH3 is 2. The zero-order valence-electron chi connectivity index (χ0n) is 21.4. The number of carbonyl (C=O) groups is 2. The minimum atomic E-state index is -1.27. The van der Waals surface area contributed by atoms with Gasteiger partial charge >= 0.3 is 11.9 Å². The molecular formula is C29H34O7. The van der Waals surface area contributed by atoms with E-state index in [2.05, 4.69) is 0 Å². The first-order valence-corrected chi connectivity index (χ1v) is 13.2. The Labute approximate surface area is 211 Å². The number of rotatable bonds is 10. The van der Waals surface area contributed by atoms with E-state index in [9.17, 15) is 9.59 Å². The van der Waals surface area contributed by atoms with Crippen LogP contribution >= 0.6 is 0 Å². The van der Waals surface area contributed by atoms with Crippen LogP contribution in [0.4, 0.5) is 0 Å². The highest BCUT2D eigenvalue weighted by atomic mass is 16.7. The standard InChI is InChI=1S/C29H34O7/c1-5-7-13-34-26(30)28-22-18-15-19(23(22)29(28,36-28)27(31)35-14-8-6-2)21-20(18)24(32-3)16-11-9-10-12-17(16)25(21)33-4/h9-12,18-19,22-23H,5-8,13-15H2,1-4H3/t18-,19+,22-,23+,28-,29+. The van der Waals surface area contributed by atoms with Gasteiger partial charge in [0, 0.05) is 33.7 Å². The summed E-state index contributed by atoms with van der Waals surface area (Å²) in [6.45, 7) is 4.74. The van der Waals surface area contributed by atoms with E-state index in [0.29, 0.717) is 13.2 Å². The van der Waals surface area contributed by atoms with E-state index >= 15 is 0 Å². The highest BCUT2D eigenvalue weighted by Gasteiger charge is 2.99. The first-order chi connectivity index (χ1) is 17.5. The van der Waals surface area contributed by atoms with E-state index in [4.69, 9.17) is 23.7 Å². The predicted octanol–water partition coefficient (Wildman–Crippen LogP) is 4.88. The van der Waals surface area contributed by atoms with E-state index in [1.807, 2.05) is 38.1 Å². The van der Waals surface area contributed by atoms with Gasteiger partial charge in [0.15, 0.2) is 0 Å². The Balaban J connectivity index is 1.46. The molecule has 0 unspecified atom stereocenters. The Bertz CT molecular complexity index is 1150. The zero-order valence-corrected chi connectivity index (χ0v) is 21.4. The van der Waals surface area contributed by atoms with Crippen molar-refractivity contribution in [3.63, 3.8) is 0 Å². The Morgan fingerprint density at radius 2 is 1.28 bits per heavy atom. The molecule has 0 radical (unpaired) electrons. The van der Waals surface area contributed by atoms with Crippen LogP contribution in [-0.2, 0) is 23.8 Å². The second-order valence-corrected chi connectivity index (χ2v) is 10.5. The topological polar surface area (TPSA) is 83.6 Å². The number of hydrogen-bond donors (Lipinski definition) is 0. The molecule has 6 rings (SSSR count). The lowest BCUT2D eigenvalue weighted by Gasteiger charge is -2.46. The van der Waals surface area contributed by atoms with Crippen LogP contribution in [0.3, 0.4) is 0 Å². The quantitative estimate of drug-likeness (QED) is 0.201. The van der Waals surface area contributed by atoms with Crippen LogP contribution in [0, 0.1) is 11.8 Å². The van der Waals surface area contributed by atoms with Gasteiger partial charge in [-0.05, 0) is 31.1 Å². The minimum absolute atomic E-state index is 0.0150. The van der Waals surface area contributed by atoms with Crippen LogP contribution in [-0.4, -0.2) is 50.6 Å². The third kappa shape index (κ3) is 2.67. The molecule has 2 bridgehead atoms. The van der Waals surface area contributed by atoms with Crippen LogP contribution in [0.25, 0.3) is 10.8 Å². The molecule has 1 aliphatic heterocycles. The third-order valence-electron chi connectivity index (χ3n) is 8.95. The van der Waals surface area contributed by atoms with Crippen molar-refractivity contribution in [1.29, 1.82) is 0 Å². The molecule has 0 N–H and O–H groups in total. The fourth-order valence-corrected chi connectivity index (χ4v) is 7.58. The Morgan fingerprint density at radius 3 is 1.67 bits per heavy atom. The normalized spacial score (nSPS) is 32.2. The van der Waals surface area contributed by atoms with Crippen LogP contribution in [0.5, 0.6) is 11.5 Å². The molecule has 192 valence electrons. The molecule has 2 aromatic carbocycles. The van der Waals surface area contributed by atoms with Gasteiger partial charge in [-0.2, -0.15) is 0 Å². The summed E-state index contributed by atoms with van der Waals surface area (Å²) in [5.41, 5.74) is -0.363. The number of benzene rings is 2. The summed E-state index contributed by atoms with van der Waals surface area (Å²) in [4.78, 5) is 27.0. The van der Waals surface area contributed by atoms with Crippen LogP contribution in [0.15, 0.2) is 24.3 Å². The van der Waals surface area contributed by atoms with Crippen molar-refractivity contribution in [2.24, 2.45) is 11.8 Å². The maximum atomic E-state index is 13.5. The second kappa shape index (κ2) is 8.37. The summed E-state index contributed by atoms with van der Waals surface area (Å²) in [5, 5.41) is 1.97. The molecule has 1 saturated heterocycles. The molecule has 2 saturated carbocycles. The summed E-state index contributed by atoms with van der Waals surface area (Å²) < 4.78 is 29.6. The number of epoxide rings is 1. The molecule has 36 heavy (non-hydrogen) atoms. The second-order valence-electron chi connectivity index (χ2n) is 10.5. The van der Waals surface area contributed by atoms with Crippen molar-refractivity contribution in [3.8, 4) is 11.5 Å². The van der Waals surface area contributed by atoms with Gasteiger partial charge in [-0.1, -0.05) is 51.0 Å². The first-order valence-electron chi connectivity index (χ1n) is 13.2. The number of esters is 2. The van der Waals surface area contributed by atoms with Crippen LogP contribution in [0.2, 0.25) is 0 Å². The summed E-state index contributed by atoms with van der Waals surface area (Å²) in [7, 11) is 3.38. The van der Waals surface area contributed by atoms with Crippen molar-refractivity contribution in [2.75, 3.05) is 27.4 Å². The number of unbranched alkanes of at least 4 members (excludes halogenated alkanes) is 2. The van der Waals surface area contributed by atoms with Crippen molar-refractivity contribution in [2.45, 2.75) is 69.0 Å². The number of carbonyl (C=O) groups excluding carboxylic acids is 2. The SMILES string of the molecule is CCCCOC(=O)[C@]12O[C@@]1(C(=O)OCCCC)[C@H]1[C@@H]2[C@H]2C[C@@H]1c1c2c(OC)c2ccccc2c1OC. The molecule has 4 aliphatic rings. The molecule has 2 aromatic rings. The van der Waals surface area contributed by atoms with Crippen LogP contribution < -0.4 is 9.47 Å². The van der Waals surface area contributed by atoms with Gasteiger partial charge in [-0.15, -0.1) is 0 Å². The monoisotopic (exact) mass is 494 g/mol. The van der Waals surface area contributed by atoms with Gasteiger partial charge in [0.05, 0.1) is 27.4 Å². The molecule has 3 fully saturated rings. The van der Waals surface area contributed by atoms with Gasteiger partial charge in [0.25, 0.3) is 0 Å². The number of ether oxygens (including phenoxy) is 5. The van der Waals surface area contributed by atoms with Crippen molar-refractivity contribution >= 4 is 22.7 Å². The van der Waals surface area contributed by atoms with Gasteiger partial charge in [0.2, 0.25) is 11.2 Å². The average molecular weight is 495 g/mol. The van der Waals surface area contributed by atoms with E-state index in [1.54, 1.807) is 14.2 Å². The molecule has 1 heterocycles. The van der Waals surface area contributed by atoms with E-state index in [0.717, 1.165) is 65.5 Å². The Hall–Kier alpha value is -2.80. The highest BCUT2D eigenvalue weighted by Crippen LogP contribution is 2.85. The summed E-state index contributed by atoms with van der Waals surface area (Å²) in [6, 6.07) is 8.06. The molecular weight excluding hydrogens is 460 g/mol. The predicted molar refractivity (Wildman–Crippen MR) is 132 cm³/mol. The molecule has 7 heteroatoms. The minimum Gasteiger partial charge on any atom is -0.496 e. The fourth-order valence-electron chi connectivity index (χ4n) is 7.58. The largest absolute Gasteiger partial charge is 0.496 e. The lowest BCUT2D eigenvalue weighted by molar-refractivity contribution is -0.165. The first kappa shape index (κ1) is 23.6. The van der Waals surface area contributed by atoms with E-state index in [-0.39, 0.29) is 23.7 Å². The molecule has 0 aromatic heterocycles. The summed E-state index contributed by atoms with van der Waals surface area (Å²) in [6.07, 6.45) is 4.20. The van der Waals surface area contributed by atoms with Crippen LogP contribution in [0.1, 0.15) is 68.9 Å². The Kier molecular flexibility index (Phi) is 5.48. The van der Waals surface area contributed by atoms with Crippen molar-refractivity contribution in [1.82, 2.24) is 0 Å². The van der Waals surface area contributed by atoms with Gasteiger partial charge in [-0.25, -0.2) is 9.59 Å². The maximum absolute atomic E-state index is 13.5. The smallest absolute Gasteiger partial charge is 0.342 e. The van der Waals surface area contributed by atoms with Gasteiger partial charge < -0.3 is 23.7 Å². The van der Waals surface area contributed by atoms with Crippen molar-refractivity contribution < 1.29 is 33.3 Å². The maximum Gasteiger partial charge on any atom is 0.342 e. The molecule has 0 spiro atoms. The Morgan fingerprint density at radius 1 is 0.833 bits per heavy atom. The highest BCUT2D eigenvalue weighted by molar-refractivity contribution is 6.04. The summed E-state index contributed by atoms with van der Waals surface area (Å²) >= 11 is 0. The van der Waals surface area contributed by atoms with E-state index in [1.165, 1.54) is 0 Å². The third-order valence-corrected chi connectivity index (χ3v) is 8.95. The number of hydrogen-bond acceptors (Lipinski definition) is 7. The number of fused-ring (bicyclic) bond motifs is 12. The average Bonchev–Trinajstić information content (AvgIpc) is 3.11. The summed E-state index contributed by atoms with van der Waals surface area (Å²) in [5.74, 6) is 0.528. The zero-order chi connectivity index (χ0) is 25.2. The molecule has 0 amide bonds. The van der Waals surface area contributed by atoms with Gasteiger partial charge in [0.1, 0.15) is 11.5 Å². The molecule has 7 nitrogen and oxygen atoms in total. The van der Waals surface area contributed by atoms with Crippen molar-refractivity contribution in [3.05, 3.63) is 35.4 Å². The molecule has 6 atom stereocenters.